The van der Waals surface area contributed by atoms with Gasteiger partial charge in [0.1, 0.15) is 0 Å². The highest BCUT2D eigenvalue weighted by molar-refractivity contribution is 5.10. The topological polar surface area (TPSA) is 33.1 Å². The second kappa shape index (κ2) is 5.86. The normalized spacial score (nSPS) is 30.6. The first-order valence-electron chi connectivity index (χ1n) is 8.14. The molecular weight excluding hydrogens is 248 g/mol. The Kier molecular flexibility index (Phi) is 4.13. The molecule has 3 rings (SSSR count). The van der Waals surface area contributed by atoms with E-state index in [2.05, 4.69) is 42.4 Å². The van der Waals surface area contributed by atoms with E-state index >= 15 is 0 Å². The highest BCUT2D eigenvalue weighted by atomic mass is 15.3. The number of nitrogens with one attached hydrogen (secondary N) is 1. The van der Waals surface area contributed by atoms with E-state index < -0.39 is 0 Å². The van der Waals surface area contributed by atoms with Crippen LogP contribution in [0.15, 0.2) is 6.07 Å². The van der Waals surface area contributed by atoms with Crippen molar-refractivity contribution in [3.8, 4) is 0 Å². The fourth-order valence-corrected chi connectivity index (χ4v) is 3.94. The molecule has 2 saturated heterocycles. The van der Waals surface area contributed by atoms with Crippen molar-refractivity contribution in [2.75, 3.05) is 7.05 Å². The minimum atomic E-state index is 0.682. The minimum Gasteiger partial charge on any atom is -0.308 e. The SMILES string of the molecule is CCc1cc(CNC2CC3CCCC(C2)N3C)n(C)n1. The van der Waals surface area contributed by atoms with E-state index in [1.807, 2.05) is 4.68 Å². The van der Waals surface area contributed by atoms with Crippen LogP contribution in [0, 0.1) is 0 Å². The van der Waals surface area contributed by atoms with Gasteiger partial charge in [0.25, 0.3) is 0 Å². The van der Waals surface area contributed by atoms with Crippen molar-refractivity contribution in [3.05, 3.63) is 17.5 Å². The maximum absolute atomic E-state index is 4.53. The Balaban J connectivity index is 1.57. The number of nitrogens with zero attached hydrogens (tertiary/aromatic N) is 3. The smallest absolute Gasteiger partial charge is 0.0625 e. The van der Waals surface area contributed by atoms with Crippen LogP contribution in [0.25, 0.3) is 0 Å². The molecule has 0 saturated carbocycles. The van der Waals surface area contributed by atoms with Crippen LogP contribution < -0.4 is 5.32 Å². The van der Waals surface area contributed by atoms with Crippen molar-refractivity contribution in [3.63, 3.8) is 0 Å². The van der Waals surface area contributed by atoms with Crippen LogP contribution in [0.3, 0.4) is 0 Å². The molecule has 0 aliphatic carbocycles. The van der Waals surface area contributed by atoms with Gasteiger partial charge in [0.15, 0.2) is 0 Å². The summed E-state index contributed by atoms with van der Waals surface area (Å²) >= 11 is 0. The molecule has 2 aliphatic rings. The molecule has 1 aromatic heterocycles. The van der Waals surface area contributed by atoms with Gasteiger partial charge < -0.3 is 10.2 Å². The van der Waals surface area contributed by atoms with Gasteiger partial charge in [-0.2, -0.15) is 5.10 Å². The fourth-order valence-electron chi connectivity index (χ4n) is 3.94. The van der Waals surface area contributed by atoms with Gasteiger partial charge in [-0.25, -0.2) is 0 Å². The molecule has 2 fully saturated rings. The Labute approximate surface area is 122 Å². The monoisotopic (exact) mass is 276 g/mol. The molecule has 0 amide bonds. The van der Waals surface area contributed by atoms with Crippen molar-refractivity contribution in [1.82, 2.24) is 20.0 Å². The first-order chi connectivity index (χ1) is 9.67. The number of aromatic nitrogens is 2. The zero-order valence-electron chi connectivity index (χ0n) is 13.1. The van der Waals surface area contributed by atoms with Gasteiger partial charge in [-0.05, 0) is 45.2 Å². The van der Waals surface area contributed by atoms with E-state index in [1.165, 1.54) is 43.5 Å². The summed E-state index contributed by atoms with van der Waals surface area (Å²) in [5.74, 6) is 0. The summed E-state index contributed by atoms with van der Waals surface area (Å²) in [5.41, 5.74) is 2.51. The Morgan fingerprint density at radius 2 is 1.95 bits per heavy atom. The summed E-state index contributed by atoms with van der Waals surface area (Å²) in [5, 5.41) is 8.31. The second-order valence-electron chi connectivity index (χ2n) is 6.56. The Hall–Kier alpha value is -0.870. The Morgan fingerprint density at radius 3 is 2.55 bits per heavy atom. The van der Waals surface area contributed by atoms with Crippen molar-refractivity contribution in [2.24, 2.45) is 7.05 Å². The summed E-state index contributed by atoms with van der Waals surface area (Å²) in [4.78, 5) is 2.63. The zero-order chi connectivity index (χ0) is 14.1. The first-order valence-corrected chi connectivity index (χ1v) is 8.14. The molecule has 1 aromatic rings. The lowest BCUT2D eigenvalue weighted by Gasteiger charge is -2.47. The number of rotatable bonds is 4. The molecule has 0 aromatic carbocycles. The molecule has 4 nitrogen and oxygen atoms in total. The van der Waals surface area contributed by atoms with Crippen LogP contribution in [0.4, 0.5) is 0 Å². The average molecular weight is 276 g/mol. The van der Waals surface area contributed by atoms with Gasteiger partial charge in [-0.3, -0.25) is 4.68 Å². The van der Waals surface area contributed by atoms with Crippen LogP contribution in [-0.2, 0) is 20.0 Å². The van der Waals surface area contributed by atoms with E-state index in [4.69, 9.17) is 0 Å². The summed E-state index contributed by atoms with van der Waals surface area (Å²) in [6.45, 7) is 3.12. The van der Waals surface area contributed by atoms with Crippen LogP contribution in [0.1, 0.15) is 50.4 Å². The molecule has 20 heavy (non-hydrogen) atoms. The van der Waals surface area contributed by atoms with Gasteiger partial charge in [-0.1, -0.05) is 13.3 Å². The lowest BCUT2D eigenvalue weighted by atomic mass is 9.82. The van der Waals surface area contributed by atoms with E-state index in [0.29, 0.717) is 6.04 Å². The molecule has 0 radical (unpaired) electrons. The third-order valence-corrected chi connectivity index (χ3v) is 5.30. The van der Waals surface area contributed by atoms with Crippen molar-refractivity contribution in [2.45, 2.75) is 70.1 Å². The summed E-state index contributed by atoms with van der Waals surface area (Å²) < 4.78 is 2.03. The molecule has 112 valence electrons. The highest BCUT2D eigenvalue weighted by Crippen LogP contribution is 2.32. The number of hydrogen-bond donors (Lipinski definition) is 1. The largest absolute Gasteiger partial charge is 0.308 e. The van der Waals surface area contributed by atoms with Crippen LogP contribution in [0.5, 0.6) is 0 Å². The predicted octanol–water partition coefficient (Wildman–Crippen LogP) is 2.09. The third kappa shape index (κ3) is 2.77. The minimum absolute atomic E-state index is 0.682. The van der Waals surface area contributed by atoms with Gasteiger partial charge in [-0.15, -0.1) is 0 Å². The van der Waals surface area contributed by atoms with Gasteiger partial charge in [0.05, 0.1) is 11.4 Å². The number of aryl methyl sites for hydroxylation is 2. The molecule has 2 bridgehead atoms. The highest BCUT2D eigenvalue weighted by Gasteiger charge is 2.35. The molecule has 2 aliphatic heterocycles. The molecule has 2 unspecified atom stereocenters. The van der Waals surface area contributed by atoms with E-state index in [9.17, 15) is 0 Å². The standard InChI is InChI=1S/C16H28N4/c1-4-12-8-16(20(3)18-12)11-17-13-9-14-6-5-7-15(10-13)19(14)2/h8,13-15,17H,4-7,9-11H2,1-3H3. The maximum Gasteiger partial charge on any atom is 0.0625 e. The van der Waals surface area contributed by atoms with Crippen LogP contribution in [0.2, 0.25) is 0 Å². The molecule has 0 spiro atoms. The summed E-state index contributed by atoms with van der Waals surface area (Å²) in [6.07, 6.45) is 7.84. The number of piperidine rings is 2. The quantitative estimate of drug-likeness (QED) is 0.914. The molecule has 3 heterocycles. The molecule has 1 N–H and O–H groups in total. The summed E-state index contributed by atoms with van der Waals surface area (Å²) in [6, 6.07) is 4.53. The molecular formula is C16H28N4. The third-order valence-electron chi connectivity index (χ3n) is 5.30. The van der Waals surface area contributed by atoms with E-state index in [1.54, 1.807) is 0 Å². The van der Waals surface area contributed by atoms with Gasteiger partial charge in [0, 0.05) is 31.7 Å². The second-order valence-corrected chi connectivity index (χ2v) is 6.56. The van der Waals surface area contributed by atoms with Crippen LogP contribution in [-0.4, -0.2) is 39.9 Å². The summed E-state index contributed by atoms with van der Waals surface area (Å²) in [7, 11) is 4.37. The maximum atomic E-state index is 4.53. The van der Waals surface area contributed by atoms with Crippen LogP contribution >= 0.6 is 0 Å². The predicted molar refractivity (Wildman–Crippen MR) is 81.6 cm³/mol. The Bertz CT molecular complexity index is 439. The van der Waals surface area contributed by atoms with Crippen molar-refractivity contribution < 1.29 is 0 Å². The van der Waals surface area contributed by atoms with E-state index in [-0.39, 0.29) is 0 Å². The number of hydrogen-bond acceptors (Lipinski definition) is 3. The average Bonchev–Trinajstić information content (AvgIpc) is 2.77. The van der Waals surface area contributed by atoms with E-state index in [0.717, 1.165) is 25.0 Å². The zero-order valence-corrected chi connectivity index (χ0v) is 13.1. The Morgan fingerprint density at radius 1 is 1.25 bits per heavy atom. The molecule has 4 heteroatoms. The van der Waals surface area contributed by atoms with Gasteiger partial charge >= 0.3 is 0 Å². The van der Waals surface area contributed by atoms with Gasteiger partial charge in [0.2, 0.25) is 0 Å². The number of fused-ring (bicyclic) bond motifs is 2. The van der Waals surface area contributed by atoms with Crippen molar-refractivity contribution in [1.29, 1.82) is 0 Å². The first kappa shape index (κ1) is 14.1. The lowest BCUT2D eigenvalue weighted by molar-refractivity contribution is 0.0481. The lowest BCUT2D eigenvalue weighted by Crippen LogP contribution is -2.54. The van der Waals surface area contributed by atoms with Crippen molar-refractivity contribution >= 4 is 0 Å². The fraction of sp³-hybridized carbons (Fsp3) is 0.812. The molecule has 2 atom stereocenters.